The van der Waals surface area contributed by atoms with Gasteiger partial charge in [-0.3, -0.25) is 4.98 Å². The van der Waals surface area contributed by atoms with E-state index in [2.05, 4.69) is 11.6 Å². The summed E-state index contributed by atoms with van der Waals surface area (Å²) in [5, 5.41) is 0. The molecule has 0 N–H and O–H groups in total. The van der Waals surface area contributed by atoms with Crippen LogP contribution in [0.1, 0.15) is 5.69 Å². The highest BCUT2D eigenvalue weighted by atomic mass is 32.2. The largest absolute Gasteiger partial charge is 0.256 e. The first-order valence-corrected chi connectivity index (χ1v) is 5.22. The molecule has 0 bridgehead atoms. The van der Waals surface area contributed by atoms with E-state index in [1.165, 1.54) is 12.3 Å². The van der Waals surface area contributed by atoms with Gasteiger partial charge in [-0.05, 0) is 18.2 Å². The molecule has 4 heteroatoms. The summed E-state index contributed by atoms with van der Waals surface area (Å²) < 4.78 is 21.9. The third-order valence-electron chi connectivity index (χ3n) is 1.40. The summed E-state index contributed by atoms with van der Waals surface area (Å²) in [6.45, 7) is 3.51. The maximum absolute atomic E-state index is 11.0. The van der Waals surface area contributed by atoms with Crippen molar-refractivity contribution in [3.63, 3.8) is 0 Å². The highest BCUT2D eigenvalue weighted by Gasteiger charge is 2.05. The zero-order valence-electron chi connectivity index (χ0n) is 6.69. The molecule has 1 rings (SSSR count). The van der Waals surface area contributed by atoms with Crippen molar-refractivity contribution in [2.24, 2.45) is 0 Å². The number of rotatable bonds is 2. The quantitative estimate of drug-likeness (QED) is 0.690. The maximum atomic E-state index is 11.0. The molecule has 0 aliphatic rings. The standard InChI is InChI=1S/C8H9NO2S/c1-3-7-4-5-8(6-9-7)12(2,10)11/h3-6H,1H2,2H3. The summed E-state index contributed by atoms with van der Waals surface area (Å²) in [7, 11) is -3.12. The van der Waals surface area contributed by atoms with Crippen molar-refractivity contribution in [1.82, 2.24) is 4.98 Å². The third-order valence-corrected chi connectivity index (χ3v) is 2.49. The molecule has 0 fully saturated rings. The normalized spacial score (nSPS) is 11.1. The van der Waals surface area contributed by atoms with Gasteiger partial charge in [-0.1, -0.05) is 6.58 Å². The number of pyridine rings is 1. The van der Waals surface area contributed by atoms with Crippen LogP contribution >= 0.6 is 0 Å². The first kappa shape index (κ1) is 8.93. The first-order valence-electron chi connectivity index (χ1n) is 3.32. The number of hydrogen-bond donors (Lipinski definition) is 0. The smallest absolute Gasteiger partial charge is 0.177 e. The molecule has 0 atom stereocenters. The minimum atomic E-state index is -3.12. The van der Waals surface area contributed by atoms with Crippen LogP contribution in [0, 0.1) is 0 Å². The van der Waals surface area contributed by atoms with Crippen molar-refractivity contribution >= 4 is 15.9 Å². The molecule has 0 saturated heterocycles. The van der Waals surface area contributed by atoms with Crippen LogP contribution in [-0.4, -0.2) is 19.7 Å². The monoisotopic (exact) mass is 183 g/mol. The van der Waals surface area contributed by atoms with Gasteiger partial charge in [-0.2, -0.15) is 0 Å². The summed E-state index contributed by atoms with van der Waals surface area (Å²) in [4.78, 5) is 4.10. The summed E-state index contributed by atoms with van der Waals surface area (Å²) in [6.07, 6.45) is 4.04. The average molecular weight is 183 g/mol. The van der Waals surface area contributed by atoms with Crippen LogP contribution in [0.25, 0.3) is 6.08 Å². The minimum Gasteiger partial charge on any atom is -0.256 e. The van der Waals surface area contributed by atoms with Crippen molar-refractivity contribution < 1.29 is 8.42 Å². The number of aromatic nitrogens is 1. The summed E-state index contributed by atoms with van der Waals surface area (Å²) in [5.74, 6) is 0. The van der Waals surface area contributed by atoms with Crippen molar-refractivity contribution in [3.05, 3.63) is 30.6 Å². The van der Waals surface area contributed by atoms with E-state index >= 15 is 0 Å². The van der Waals surface area contributed by atoms with Gasteiger partial charge in [0, 0.05) is 12.5 Å². The van der Waals surface area contributed by atoms with Gasteiger partial charge in [0.1, 0.15) is 0 Å². The molecule has 0 amide bonds. The molecule has 1 aromatic rings. The predicted molar refractivity (Wildman–Crippen MR) is 47.4 cm³/mol. The molecule has 12 heavy (non-hydrogen) atoms. The van der Waals surface area contributed by atoms with Gasteiger partial charge >= 0.3 is 0 Å². The molecule has 0 spiro atoms. The Hall–Kier alpha value is -1.16. The van der Waals surface area contributed by atoms with Gasteiger partial charge in [0.15, 0.2) is 9.84 Å². The zero-order valence-corrected chi connectivity index (χ0v) is 7.50. The maximum Gasteiger partial charge on any atom is 0.177 e. The lowest BCUT2D eigenvalue weighted by Crippen LogP contribution is -1.97. The second kappa shape index (κ2) is 3.06. The van der Waals surface area contributed by atoms with Gasteiger partial charge in [0.25, 0.3) is 0 Å². The predicted octanol–water partition coefficient (Wildman–Crippen LogP) is 1.13. The van der Waals surface area contributed by atoms with E-state index in [4.69, 9.17) is 0 Å². The van der Waals surface area contributed by atoms with E-state index in [0.717, 1.165) is 6.26 Å². The molecule has 0 unspecified atom stereocenters. The fourth-order valence-electron chi connectivity index (χ4n) is 0.732. The van der Waals surface area contributed by atoms with Crippen LogP contribution in [0.5, 0.6) is 0 Å². The summed E-state index contributed by atoms with van der Waals surface area (Å²) >= 11 is 0. The van der Waals surface area contributed by atoms with Gasteiger partial charge in [0.2, 0.25) is 0 Å². The molecule has 0 aliphatic heterocycles. The van der Waals surface area contributed by atoms with E-state index in [1.54, 1.807) is 12.1 Å². The Morgan fingerprint density at radius 2 is 2.17 bits per heavy atom. The van der Waals surface area contributed by atoms with E-state index in [-0.39, 0.29) is 4.90 Å². The lowest BCUT2D eigenvalue weighted by atomic mass is 10.3. The van der Waals surface area contributed by atoms with Crippen molar-refractivity contribution in [2.45, 2.75) is 4.90 Å². The molecule has 3 nitrogen and oxygen atoms in total. The van der Waals surface area contributed by atoms with E-state index < -0.39 is 9.84 Å². The SMILES string of the molecule is C=Cc1ccc(S(C)(=O)=O)cn1. The number of hydrogen-bond acceptors (Lipinski definition) is 3. The molecule has 0 aliphatic carbocycles. The van der Waals surface area contributed by atoms with E-state index in [1.807, 2.05) is 0 Å². The minimum absolute atomic E-state index is 0.230. The number of nitrogens with zero attached hydrogens (tertiary/aromatic N) is 1. The molecular weight excluding hydrogens is 174 g/mol. The Balaban J connectivity index is 3.17. The van der Waals surface area contributed by atoms with Crippen LogP contribution in [0.2, 0.25) is 0 Å². The Morgan fingerprint density at radius 3 is 2.50 bits per heavy atom. The lowest BCUT2D eigenvalue weighted by molar-refractivity contribution is 0.601. The summed E-state index contributed by atoms with van der Waals surface area (Å²) in [6, 6.07) is 3.13. The van der Waals surface area contributed by atoms with Crippen molar-refractivity contribution in [3.8, 4) is 0 Å². The average Bonchev–Trinajstić information content (AvgIpc) is 2.03. The van der Waals surface area contributed by atoms with Crippen LogP contribution in [0.15, 0.2) is 29.8 Å². The summed E-state index contributed by atoms with van der Waals surface area (Å²) in [5.41, 5.74) is 0.669. The molecule has 0 aromatic carbocycles. The Kier molecular flexibility index (Phi) is 2.28. The third kappa shape index (κ3) is 1.92. The zero-order chi connectivity index (χ0) is 9.19. The Bertz CT molecular complexity index is 378. The second-order valence-corrected chi connectivity index (χ2v) is 4.41. The van der Waals surface area contributed by atoms with E-state index in [0.29, 0.717) is 5.69 Å². The molecule has 64 valence electrons. The van der Waals surface area contributed by atoms with Gasteiger partial charge < -0.3 is 0 Å². The fourth-order valence-corrected chi connectivity index (χ4v) is 1.29. The molecule has 1 aromatic heterocycles. The topological polar surface area (TPSA) is 47.0 Å². The van der Waals surface area contributed by atoms with Crippen molar-refractivity contribution in [1.29, 1.82) is 0 Å². The van der Waals surface area contributed by atoms with Crippen molar-refractivity contribution in [2.75, 3.05) is 6.26 Å². The van der Waals surface area contributed by atoms with Crippen LogP contribution in [0.3, 0.4) is 0 Å². The molecule has 1 heterocycles. The van der Waals surface area contributed by atoms with E-state index in [9.17, 15) is 8.42 Å². The Labute approximate surface area is 71.7 Å². The highest BCUT2D eigenvalue weighted by Crippen LogP contribution is 2.07. The van der Waals surface area contributed by atoms with Crippen LogP contribution in [-0.2, 0) is 9.84 Å². The van der Waals surface area contributed by atoms with Crippen LogP contribution < -0.4 is 0 Å². The molecule has 0 radical (unpaired) electrons. The number of sulfone groups is 1. The fraction of sp³-hybridized carbons (Fsp3) is 0.125. The first-order chi connectivity index (χ1) is 5.54. The molecule has 0 saturated carbocycles. The Morgan fingerprint density at radius 1 is 1.50 bits per heavy atom. The van der Waals surface area contributed by atoms with Gasteiger partial charge in [0.05, 0.1) is 10.6 Å². The van der Waals surface area contributed by atoms with Crippen LogP contribution in [0.4, 0.5) is 0 Å². The van der Waals surface area contributed by atoms with Gasteiger partial charge in [-0.15, -0.1) is 0 Å². The lowest BCUT2D eigenvalue weighted by Gasteiger charge is -1.96. The van der Waals surface area contributed by atoms with Gasteiger partial charge in [-0.25, -0.2) is 8.42 Å². The highest BCUT2D eigenvalue weighted by molar-refractivity contribution is 7.90. The second-order valence-electron chi connectivity index (χ2n) is 2.40. The molecular formula is C8H9NO2S.